The summed E-state index contributed by atoms with van der Waals surface area (Å²) in [4.78, 5) is 23.4. The minimum Gasteiger partial charge on any atom is -0.379 e. The standard InChI is InChI=1S/C22H26FN7O2/c1-13-18-20(29(3)19(14(2)32-4)21(31)27-18)28-22(26-13)24-9-15-10-25-30(11-15)12-16-7-5-6-8-17(16)23/h5-8,10-11,14,19H,9,12H2,1-4H3,(H,27,31)(H,24,26,28)/t14-,19+/m1/s1. The lowest BCUT2D eigenvalue weighted by molar-refractivity contribution is -0.120. The monoisotopic (exact) mass is 439 g/mol. The summed E-state index contributed by atoms with van der Waals surface area (Å²) in [5.74, 6) is 0.667. The molecular formula is C22H26FN7O2. The van der Waals surface area contributed by atoms with Crippen molar-refractivity contribution in [2.24, 2.45) is 0 Å². The number of amides is 1. The first-order valence-corrected chi connectivity index (χ1v) is 10.3. The van der Waals surface area contributed by atoms with Gasteiger partial charge >= 0.3 is 0 Å². The number of likely N-dealkylation sites (N-methyl/N-ethyl adjacent to an activating group) is 1. The maximum absolute atomic E-state index is 13.9. The van der Waals surface area contributed by atoms with Crippen LogP contribution >= 0.6 is 0 Å². The maximum atomic E-state index is 13.9. The highest BCUT2D eigenvalue weighted by Crippen LogP contribution is 2.33. The Morgan fingerprint density at radius 2 is 2.09 bits per heavy atom. The Bertz CT molecular complexity index is 1130. The van der Waals surface area contributed by atoms with Crippen LogP contribution in [0.2, 0.25) is 0 Å². The minimum atomic E-state index is -0.494. The number of anilines is 3. The highest BCUT2D eigenvalue weighted by atomic mass is 19.1. The van der Waals surface area contributed by atoms with Crippen molar-refractivity contribution in [1.29, 1.82) is 0 Å². The van der Waals surface area contributed by atoms with Crippen LogP contribution in [0.15, 0.2) is 36.7 Å². The second kappa shape index (κ2) is 8.91. The average molecular weight is 439 g/mol. The quantitative estimate of drug-likeness (QED) is 0.584. The number of carbonyl (C=O) groups excluding carboxylic acids is 1. The number of carbonyl (C=O) groups is 1. The van der Waals surface area contributed by atoms with Gasteiger partial charge in [-0.1, -0.05) is 18.2 Å². The Morgan fingerprint density at radius 3 is 2.84 bits per heavy atom. The van der Waals surface area contributed by atoms with Gasteiger partial charge in [0.15, 0.2) is 5.82 Å². The first-order valence-electron chi connectivity index (χ1n) is 10.3. The Morgan fingerprint density at radius 1 is 1.31 bits per heavy atom. The molecule has 0 unspecified atom stereocenters. The zero-order valence-electron chi connectivity index (χ0n) is 18.5. The molecule has 1 aliphatic heterocycles. The van der Waals surface area contributed by atoms with E-state index in [0.717, 1.165) is 5.56 Å². The Kier molecular flexibility index (Phi) is 6.04. The molecule has 10 heteroatoms. The zero-order chi connectivity index (χ0) is 22.8. The van der Waals surface area contributed by atoms with Gasteiger partial charge in [0.25, 0.3) is 0 Å². The molecule has 3 heterocycles. The van der Waals surface area contributed by atoms with Crippen LogP contribution in [0.25, 0.3) is 0 Å². The normalized spacial score (nSPS) is 16.5. The van der Waals surface area contributed by atoms with E-state index in [-0.39, 0.29) is 17.8 Å². The molecule has 2 N–H and O–H groups in total. The second-order valence-corrected chi connectivity index (χ2v) is 7.81. The Hall–Kier alpha value is -3.53. The third-order valence-electron chi connectivity index (χ3n) is 5.58. The first kappa shape index (κ1) is 21.7. The summed E-state index contributed by atoms with van der Waals surface area (Å²) in [5, 5.41) is 10.4. The first-order chi connectivity index (χ1) is 15.4. The maximum Gasteiger partial charge on any atom is 0.249 e. The summed E-state index contributed by atoms with van der Waals surface area (Å²) in [6.45, 7) is 4.47. The molecule has 0 saturated carbocycles. The number of aryl methyl sites for hydroxylation is 1. The molecule has 0 spiro atoms. The fourth-order valence-corrected chi connectivity index (χ4v) is 3.77. The number of ether oxygens (including phenoxy) is 1. The van der Waals surface area contributed by atoms with E-state index in [1.54, 1.807) is 36.2 Å². The lowest BCUT2D eigenvalue weighted by Gasteiger charge is -2.37. The third kappa shape index (κ3) is 4.26. The predicted molar refractivity (Wildman–Crippen MR) is 119 cm³/mol. The van der Waals surface area contributed by atoms with Crippen LogP contribution in [0.3, 0.4) is 0 Å². The van der Waals surface area contributed by atoms with Crippen molar-refractivity contribution >= 4 is 23.4 Å². The van der Waals surface area contributed by atoms with Gasteiger partial charge in [0, 0.05) is 38.0 Å². The molecule has 2 aromatic heterocycles. The molecule has 4 rings (SSSR count). The smallest absolute Gasteiger partial charge is 0.249 e. The lowest BCUT2D eigenvalue weighted by atomic mass is 10.1. The number of halogens is 1. The van der Waals surface area contributed by atoms with E-state index in [0.29, 0.717) is 41.8 Å². The number of methoxy groups -OCH3 is 1. The predicted octanol–water partition coefficient (Wildman–Crippen LogP) is 2.57. The molecule has 0 fully saturated rings. The van der Waals surface area contributed by atoms with Crippen molar-refractivity contribution in [3.63, 3.8) is 0 Å². The van der Waals surface area contributed by atoms with Crippen molar-refractivity contribution in [2.45, 2.75) is 39.1 Å². The van der Waals surface area contributed by atoms with Crippen molar-refractivity contribution in [3.8, 4) is 0 Å². The van der Waals surface area contributed by atoms with Gasteiger partial charge in [-0.05, 0) is 19.9 Å². The van der Waals surface area contributed by atoms with Gasteiger partial charge in [-0.3, -0.25) is 9.48 Å². The molecule has 0 bridgehead atoms. The molecule has 32 heavy (non-hydrogen) atoms. The van der Waals surface area contributed by atoms with Crippen LogP contribution in [0, 0.1) is 12.7 Å². The summed E-state index contributed by atoms with van der Waals surface area (Å²) in [6, 6.07) is 6.16. The van der Waals surface area contributed by atoms with Crippen LogP contribution < -0.4 is 15.5 Å². The van der Waals surface area contributed by atoms with E-state index < -0.39 is 6.04 Å². The van der Waals surface area contributed by atoms with E-state index in [2.05, 4.69) is 25.7 Å². The SMILES string of the molecule is CO[C@H](C)[C@H]1C(=O)Nc2c(C)nc(NCc3cnn(Cc4ccccc4F)c3)nc2N1C. The number of rotatable bonds is 7. The molecule has 1 amide bonds. The van der Waals surface area contributed by atoms with Gasteiger partial charge in [0.2, 0.25) is 11.9 Å². The highest BCUT2D eigenvalue weighted by molar-refractivity contribution is 6.03. The second-order valence-electron chi connectivity index (χ2n) is 7.81. The zero-order valence-corrected chi connectivity index (χ0v) is 18.5. The summed E-state index contributed by atoms with van der Waals surface area (Å²) < 4.78 is 20.9. The average Bonchev–Trinajstić information content (AvgIpc) is 3.22. The molecule has 168 valence electrons. The van der Waals surface area contributed by atoms with Gasteiger partial charge in [0.05, 0.1) is 24.5 Å². The molecule has 3 aromatic rings. The summed E-state index contributed by atoms with van der Waals surface area (Å²) in [7, 11) is 3.40. The number of fused-ring (bicyclic) bond motifs is 1. The number of hydrogen-bond donors (Lipinski definition) is 2. The third-order valence-corrected chi connectivity index (χ3v) is 5.58. The van der Waals surface area contributed by atoms with Gasteiger partial charge < -0.3 is 20.3 Å². The fourth-order valence-electron chi connectivity index (χ4n) is 3.77. The van der Waals surface area contributed by atoms with Crippen LogP contribution in [0.5, 0.6) is 0 Å². The van der Waals surface area contributed by atoms with Crippen molar-refractivity contribution in [1.82, 2.24) is 19.7 Å². The number of nitrogens with one attached hydrogen (secondary N) is 2. The van der Waals surface area contributed by atoms with E-state index >= 15 is 0 Å². The largest absolute Gasteiger partial charge is 0.379 e. The Labute approximate surface area is 185 Å². The lowest BCUT2D eigenvalue weighted by Crippen LogP contribution is -2.53. The minimum absolute atomic E-state index is 0.149. The molecular weight excluding hydrogens is 413 g/mol. The molecule has 9 nitrogen and oxygen atoms in total. The summed E-state index contributed by atoms with van der Waals surface area (Å²) in [6.07, 6.45) is 3.27. The number of aromatic nitrogens is 4. The van der Waals surface area contributed by atoms with Crippen LogP contribution in [0.1, 0.15) is 23.7 Å². The van der Waals surface area contributed by atoms with Crippen LogP contribution in [-0.4, -0.2) is 52.0 Å². The van der Waals surface area contributed by atoms with Gasteiger partial charge in [-0.2, -0.15) is 10.1 Å². The van der Waals surface area contributed by atoms with Gasteiger partial charge in [0.1, 0.15) is 17.5 Å². The number of nitrogens with zero attached hydrogens (tertiary/aromatic N) is 5. The number of benzene rings is 1. The van der Waals surface area contributed by atoms with E-state index in [9.17, 15) is 9.18 Å². The highest BCUT2D eigenvalue weighted by Gasteiger charge is 2.37. The van der Waals surface area contributed by atoms with Crippen molar-refractivity contribution in [2.75, 3.05) is 29.7 Å². The van der Waals surface area contributed by atoms with E-state index in [1.165, 1.54) is 6.07 Å². The fraction of sp³-hybridized carbons (Fsp3) is 0.364. The molecule has 2 atom stereocenters. The van der Waals surface area contributed by atoms with Crippen molar-refractivity contribution < 1.29 is 13.9 Å². The van der Waals surface area contributed by atoms with E-state index in [1.807, 2.05) is 32.0 Å². The Balaban J connectivity index is 1.48. The molecule has 0 saturated heterocycles. The molecule has 1 aromatic carbocycles. The molecule has 0 radical (unpaired) electrons. The van der Waals surface area contributed by atoms with Gasteiger partial charge in [-0.25, -0.2) is 9.37 Å². The van der Waals surface area contributed by atoms with Crippen LogP contribution in [-0.2, 0) is 22.6 Å². The summed E-state index contributed by atoms with van der Waals surface area (Å²) >= 11 is 0. The number of hydrogen-bond acceptors (Lipinski definition) is 7. The van der Waals surface area contributed by atoms with E-state index in [4.69, 9.17) is 4.74 Å². The summed E-state index contributed by atoms with van der Waals surface area (Å²) in [5.41, 5.74) is 2.75. The van der Waals surface area contributed by atoms with Crippen molar-refractivity contribution in [3.05, 3.63) is 59.3 Å². The van der Waals surface area contributed by atoms with Gasteiger partial charge in [-0.15, -0.1) is 0 Å². The molecule has 1 aliphatic rings. The van der Waals surface area contributed by atoms with Crippen LogP contribution in [0.4, 0.5) is 21.8 Å². The topological polar surface area (TPSA) is 97.2 Å². The molecule has 0 aliphatic carbocycles.